The van der Waals surface area contributed by atoms with Gasteiger partial charge in [0.15, 0.2) is 5.96 Å². The highest BCUT2D eigenvalue weighted by molar-refractivity contribution is 5.86. The minimum atomic E-state index is -0.00970. The summed E-state index contributed by atoms with van der Waals surface area (Å²) in [5, 5.41) is 6.18. The Kier molecular flexibility index (Phi) is 9.39. The number of nitrogens with one attached hydrogen (secondary N) is 2. The summed E-state index contributed by atoms with van der Waals surface area (Å²) >= 11 is 0. The van der Waals surface area contributed by atoms with Gasteiger partial charge in [-0.05, 0) is 25.5 Å². The highest BCUT2D eigenvalue weighted by Gasteiger charge is 2.07. The lowest BCUT2D eigenvalue weighted by molar-refractivity contribution is -0.127. The van der Waals surface area contributed by atoms with E-state index in [0.29, 0.717) is 32.3 Å². The van der Waals surface area contributed by atoms with Crippen LogP contribution in [0, 0.1) is 6.92 Å². The molecule has 0 saturated heterocycles. The summed E-state index contributed by atoms with van der Waals surface area (Å²) in [5.41, 5.74) is 2.11. The van der Waals surface area contributed by atoms with Crippen LogP contribution in [0.4, 0.5) is 0 Å². The van der Waals surface area contributed by atoms with Crippen molar-refractivity contribution in [2.75, 3.05) is 47.5 Å². The number of carbonyl (C=O) groups excluding carboxylic acids is 1. The third kappa shape index (κ3) is 7.89. The monoisotopic (exact) mass is 350 g/mol. The molecule has 2 N–H and O–H groups in total. The largest absolute Gasteiger partial charge is 0.491 e. The van der Waals surface area contributed by atoms with Crippen LogP contribution < -0.4 is 15.4 Å². The Morgan fingerprint density at radius 2 is 2.00 bits per heavy atom. The van der Waals surface area contributed by atoms with Gasteiger partial charge in [-0.2, -0.15) is 0 Å². The molecule has 1 aromatic carbocycles. The summed E-state index contributed by atoms with van der Waals surface area (Å²) in [6, 6.07) is 6.04. The van der Waals surface area contributed by atoms with Crippen molar-refractivity contribution in [1.82, 2.24) is 15.5 Å². The molecular weight excluding hydrogens is 320 g/mol. The second-order valence-electron chi connectivity index (χ2n) is 5.79. The maximum Gasteiger partial charge on any atom is 0.241 e. The zero-order valence-corrected chi connectivity index (χ0v) is 15.9. The average Bonchev–Trinajstić information content (AvgIpc) is 2.58. The van der Waals surface area contributed by atoms with E-state index in [1.165, 1.54) is 4.90 Å². The van der Waals surface area contributed by atoms with Gasteiger partial charge in [0.05, 0.1) is 19.7 Å². The molecule has 0 aliphatic carbocycles. The molecule has 0 aliphatic rings. The molecule has 0 aromatic heterocycles. The molecule has 7 nitrogen and oxygen atoms in total. The highest BCUT2D eigenvalue weighted by atomic mass is 16.5. The Balaban J connectivity index is 2.78. The molecule has 25 heavy (non-hydrogen) atoms. The van der Waals surface area contributed by atoms with Gasteiger partial charge in [-0.3, -0.25) is 4.79 Å². The Morgan fingerprint density at radius 3 is 2.64 bits per heavy atom. The predicted octanol–water partition coefficient (Wildman–Crippen LogP) is 1.16. The summed E-state index contributed by atoms with van der Waals surface area (Å²) in [7, 11) is 5.10. The van der Waals surface area contributed by atoms with Crippen molar-refractivity contribution in [1.29, 1.82) is 0 Å². The fourth-order valence-corrected chi connectivity index (χ4v) is 1.99. The Morgan fingerprint density at radius 1 is 1.24 bits per heavy atom. The van der Waals surface area contributed by atoms with Gasteiger partial charge < -0.3 is 25.0 Å². The highest BCUT2D eigenvalue weighted by Crippen LogP contribution is 2.21. The van der Waals surface area contributed by atoms with Crippen LogP contribution in [-0.4, -0.2) is 64.3 Å². The summed E-state index contributed by atoms with van der Waals surface area (Å²) in [6.45, 7) is 6.40. The molecule has 0 aliphatic heterocycles. The molecule has 0 saturated carbocycles. The van der Waals surface area contributed by atoms with Crippen LogP contribution in [0.15, 0.2) is 23.2 Å². The molecule has 0 atom stereocenters. The predicted molar refractivity (Wildman–Crippen MR) is 100 cm³/mol. The van der Waals surface area contributed by atoms with E-state index in [-0.39, 0.29) is 12.5 Å². The second kappa shape index (κ2) is 11.3. The first-order chi connectivity index (χ1) is 12.0. The second-order valence-corrected chi connectivity index (χ2v) is 5.79. The van der Waals surface area contributed by atoms with Gasteiger partial charge in [-0.1, -0.05) is 12.1 Å². The van der Waals surface area contributed by atoms with E-state index in [4.69, 9.17) is 9.47 Å². The number of carbonyl (C=O) groups is 1. The van der Waals surface area contributed by atoms with Crippen LogP contribution in [-0.2, 0) is 16.1 Å². The average molecular weight is 350 g/mol. The fourth-order valence-electron chi connectivity index (χ4n) is 1.99. The fraction of sp³-hybridized carbons (Fsp3) is 0.556. The number of benzene rings is 1. The van der Waals surface area contributed by atoms with Crippen molar-refractivity contribution in [2.45, 2.75) is 20.4 Å². The number of rotatable bonds is 9. The van der Waals surface area contributed by atoms with Crippen molar-refractivity contribution < 1.29 is 14.3 Å². The minimum absolute atomic E-state index is 0.00970. The van der Waals surface area contributed by atoms with Crippen LogP contribution in [0.2, 0.25) is 0 Å². The van der Waals surface area contributed by atoms with Crippen LogP contribution in [0.3, 0.4) is 0 Å². The molecule has 140 valence electrons. The zero-order chi connectivity index (χ0) is 18.7. The van der Waals surface area contributed by atoms with Crippen molar-refractivity contribution in [2.24, 2.45) is 4.99 Å². The van der Waals surface area contributed by atoms with E-state index < -0.39 is 0 Å². The summed E-state index contributed by atoms with van der Waals surface area (Å²) in [6.07, 6.45) is 0. The van der Waals surface area contributed by atoms with Gasteiger partial charge in [0, 0.05) is 33.3 Å². The smallest absolute Gasteiger partial charge is 0.241 e. The number of hydrogen-bond donors (Lipinski definition) is 2. The summed E-state index contributed by atoms with van der Waals surface area (Å²) in [4.78, 5) is 17.8. The SMILES string of the molecule is CCNC(=NCc1ccc(C)cc1OCCOC)NCC(=O)N(C)C. The van der Waals surface area contributed by atoms with Crippen LogP contribution in [0.25, 0.3) is 0 Å². The maximum absolute atomic E-state index is 11.7. The van der Waals surface area contributed by atoms with E-state index in [2.05, 4.69) is 15.6 Å². The lowest BCUT2D eigenvalue weighted by Crippen LogP contribution is -2.42. The first-order valence-corrected chi connectivity index (χ1v) is 8.41. The standard InChI is InChI=1S/C18H30N4O3/c1-6-19-18(21-13-17(23)22(3)4)20-12-15-8-7-14(2)11-16(15)25-10-9-24-5/h7-8,11H,6,9-10,12-13H2,1-5H3,(H2,19,20,21). The molecule has 1 aromatic rings. The molecule has 0 fully saturated rings. The van der Waals surface area contributed by atoms with Crippen molar-refractivity contribution in [3.8, 4) is 5.75 Å². The van der Waals surface area contributed by atoms with Crippen molar-refractivity contribution in [3.63, 3.8) is 0 Å². The molecule has 0 heterocycles. The number of aliphatic imine (C=N–C) groups is 1. The molecule has 7 heteroatoms. The maximum atomic E-state index is 11.7. The Labute approximate surface area is 150 Å². The molecule has 0 radical (unpaired) electrons. The lowest BCUT2D eigenvalue weighted by Gasteiger charge is -2.15. The Hall–Kier alpha value is -2.28. The quantitative estimate of drug-likeness (QED) is 0.397. The van der Waals surface area contributed by atoms with Crippen LogP contribution in [0.1, 0.15) is 18.1 Å². The molecule has 1 amide bonds. The zero-order valence-electron chi connectivity index (χ0n) is 15.9. The summed E-state index contributed by atoms with van der Waals surface area (Å²) in [5.74, 6) is 1.40. The van der Waals surface area contributed by atoms with E-state index in [9.17, 15) is 4.79 Å². The first-order valence-electron chi connectivity index (χ1n) is 8.41. The van der Waals surface area contributed by atoms with E-state index in [1.807, 2.05) is 32.0 Å². The van der Waals surface area contributed by atoms with Gasteiger partial charge in [-0.15, -0.1) is 0 Å². The number of likely N-dealkylation sites (N-methyl/N-ethyl adjacent to an activating group) is 1. The molecular formula is C18H30N4O3. The molecule has 0 bridgehead atoms. The number of amides is 1. The van der Waals surface area contributed by atoms with Crippen molar-refractivity contribution in [3.05, 3.63) is 29.3 Å². The van der Waals surface area contributed by atoms with Crippen LogP contribution in [0.5, 0.6) is 5.75 Å². The number of nitrogens with zero attached hydrogens (tertiary/aromatic N) is 2. The number of guanidine groups is 1. The van der Waals surface area contributed by atoms with Gasteiger partial charge in [0.25, 0.3) is 0 Å². The van der Waals surface area contributed by atoms with E-state index in [1.54, 1.807) is 21.2 Å². The summed E-state index contributed by atoms with van der Waals surface area (Å²) < 4.78 is 10.8. The third-order valence-corrected chi connectivity index (χ3v) is 3.43. The topological polar surface area (TPSA) is 75.2 Å². The van der Waals surface area contributed by atoms with Crippen LogP contribution >= 0.6 is 0 Å². The van der Waals surface area contributed by atoms with Crippen molar-refractivity contribution >= 4 is 11.9 Å². The van der Waals surface area contributed by atoms with E-state index >= 15 is 0 Å². The van der Waals surface area contributed by atoms with Gasteiger partial charge in [0.1, 0.15) is 12.4 Å². The van der Waals surface area contributed by atoms with Gasteiger partial charge in [0.2, 0.25) is 5.91 Å². The molecule has 1 rings (SSSR count). The molecule has 0 unspecified atom stereocenters. The number of aryl methyl sites for hydroxylation is 1. The minimum Gasteiger partial charge on any atom is -0.491 e. The molecule has 0 spiro atoms. The van der Waals surface area contributed by atoms with E-state index in [0.717, 1.165) is 16.9 Å². The van der Waals surface area contributed by atoms with Gasteiger partial charge >= 0.3 is 0 Å². The normalized spacial score (nSPS) is 11.2. The van der Waals surface area contributed by atoms with Gasteiger partial charge in [-0.25, -0.2) is 4.99 Å². The number of ether oxygens (including phenoxy) is 2. The number of hydrogen-bond acceptors (Lipinski definition) is 4. The first kappa shape index (κ1) is 20.8. The number of methoxy groups -OCH3 is 1. The lowest BCUT2D eigenvalue weighted by atomic mass is 10.1. The third-order valence-electron chi connectivity index (χ3n) is 3.43. The Bertz CT molecular complexity index is 573.